The lowest BCUT2D eigenvalue weighted by Gasteiger charge is -2.06. The van der Waals surface area contributed by atoms with E-state index in [0.29, 0.717) is 12.3 Å². The molecule has 0 spiro atoms. The number of fused-ring (bicyclic) bond motifs is 1. The molecule has 4 heteroatoms. The van der Waals surface area contributed by atoms with E-state index in [2.05, 4.69) is 12.0 Å². The molecule has 0 unspecified atom stereocenters. The van der Waals surface area contributed by atoms with E-state index in [0.717, 1.165) is 35.8 Å². The average Bonchev–Trinajstić information content (AvgIpc) is 2.65. The number of hydrogen-bond acceptors (Lipinski definition) is 3. The van der Waals surface area contributed by atoms with Crippen LogP contribution in [0.2, 0.25) is 0 Å². The molecule has 0 saturated heterocycles. The van der Waals surface area contributed by atoms with E-state index in [4.69, 9.17) is 4.74 Å². The Balaban J connectivity index is 2.43. The number of aldehydes is 1. The van der Waals surface area contributed by atoms with Gasteiger partial charge in [0.1, 0.15) is 11.4 Å². The van der Waals surface area contributed by atoms with E-state index in [9.17, 15) is 4.79 Å². The predicted molar refractivity (Wildman–Crippen MR) is 66.5 cm³/mol. The van der Waals surface area contributed by atoms with Gasteiger partial charge in [0.05, 0.1) is 17.5 Å². The van der Waals surface area contributed by atoms with Gasteiger partial charge in [-0.1, -0.05) is 19.4 Å². The van der Waals surface area contributed by atoms with Crippen LogP contribution in [0.1, 0.15) is 30.3 Å². The van der Waals surface area contributed by atoms with Crippen LogP contribution in [0.25, 0.3) is 10.9 Å². The molecule has 0 aliphatic rings. The van der Waals surface area contributed by atoms with Crippen LogP contribution in [0.3, 0.4) is 0 Å². The molecule has 17 heavy (non-hydrogen) atoms. The van der Waals surface area contributed by atoms with E-state index in [-0.39, 0.29) is 0 Å². The summed E-state index contributed by atoms with van der Waals surface area (Å²) in [6.45, 7) is 2.79. The first-order valence-corrected chi connectivity index (χ1v) is 5.81. The third-order valence-electron chi connectivity index (χ3n) is 2.73. The zero-order valence-corrected chi connectivity index (χ0v) is 10.1. The molecule has 4 nitrogen and oxygen atoms in total. The summed E-state index contributed by atoms with van der Waals surface area (Å²) in [5.41, 5.74) is 1.36. The van der Waals surface area contributed by atoms with Gasteiger partial charge in [0.25, 0.3) is 0 Å². The number of ether oxygens (including phenoxy) is 1. The molecular weight excluding hydrogens is 216 g/mol. The fraction of sp³-hybridized carbons (Fsp3) is 0.385. The van der Waals surface area contributed by atoms with Crippen molar-refractivity contribution in [1.29, 1.82) is 0 Å². The maximum atomic E-state index is 11.1. The first-order valence-electron chi connectivity index (χ1n) is 5.81. The molecular formula is C13H16N2O2. The van der Waals surface area contributed by atoms with Crippen molar-refractivity contribution >= 4 is 17.2 Å². The molecule has 0 saturated carbocycles. The molecule has 0 bridgehead atoms. The molecule has 2 rings (SSSR count). The Bertz CT molecular complexity index is 531. The van der Waals surface area contributed by atoms with Gasteiger partial charge in [-0.15, -0.1) is 0 Å². The molecule has 0 N–H and O–H groups in total. The van der Waals surface area contributed by atoms with Gasteiger partial charge in [-0.3, -0.25) is 9.48 Å². The molecule has 1 aromatic heterocycles. The maximum Gasteiger partial charge on any atom is 0.168 e. The quantitative estimate of drug-likeness (QED) is 0.588. The van der Waals surface area contributed by atoms with Gasteiger partial charge in [-0.2, -0.15) is 5.10 Å². The molecule has 1 heterocycles. The van der Waals surface area contributed by atoms with Crippen molar-refractivity contribution in [2.75, 3.05) is 6.61 Å². The van der Waals surface area contributed by atoms with E-state index in [1.807, 2.05) is 18.2 Å². The number of benzene rings is 1. The van der Waals surface area contributed by atoms with Crippen LogP contribution >= 0.6 is 0 Å². The van der Waals surface area contributed by atoms with E-state index >= 15 is 0 Å². The van der Waals surface area contributed by atoms with Crippen LogP contribution in [-0.4, -0.2) is 22.7 Å². The average molecular weight is 232 g/mol. The molecule has 2 aromatic rings. The fourth-order valence-electron chi connectivity index (χ4n) is 1.82. The van der Waals surface area contributed by atoms with Crippen LogP contribution in [0.4, 0.5) is 0 Å². The standard InChI is InChI=1S/C13H16N2O2/c1-3-4-8-17-12-7-5-6-10-13(12)11(9-16)15(2)14-10/h5-7,9H,3-4,8H2,1-2H3. The first-order chi connectivity index (χ1) is 8.27. The Hall–Kier alpha value is -1.84. The van der Waals surface area contributed by atoms with Gasteiger partial charge < -0.3 is 4.74 Å². The Kier molecular flexibility index (Phi) is 3.42. The van der Waals surface area contributed by atoms with E-state index < -0.39 is 0 Å². The van der Waals surface area contributed by atoms with Crippen LogP contribution in [0.15, 0.2) is 18.2 Å². The first kappa shape index (κ1) is 11.6. The minimum absolute atomic E-state index is 0.562. The third kappa shape index (κ3) is 2.16. The van der Waals surface area contributed by atoms with Crippen molar-refractivity contribution in [3.05, 3.63) is 23.9 Å². The highest BCUT2D eigenvalue weighted by Crippen LogP contribution is 2.27. The Morgan fingerprint density at radius 3 is 3.00 bits per heavy atom. The van der Waals surface area contributed by atoms with Crippen LogP contribution in [-0.2, 0) is 7.05 Å². The summed E-state index contributed by atoms with van der Waals surface area (Å²) >= 11 is 0. The maximum absolute atomic E-state index is 11.1. The number of nitrogens with zero attached hydrogens (tertiary/aromatic N) is 2. The number of aryl methyl sites for hydroxylation is 1. The molecule has 90 valence electrons. The van der Waals surface area contributed by atoms with Crippen molar-refractivity contribution in [2.24, 2.45) is 7.05 Å². The van der Waals surface area contributed by atoms with Crippen molar-refractivity contribution < 1.29 is 9.53 Å². The lowest BCUT2D eigenvalue weighted by Crippen LogP contribution is -1.99. The number of unbranched alkanes of at least 4 members (excludes halogenated alkanes) is 1. The Morgan fingerprint density at radius 1 is 1.47 bits per heavy atom. The van der Waals surface area contributed by atoms with Gasteiger partial charge >= 0.3 is 0 Å². The summed E-state index contributed by atoms with van der Waals surface area (Å²) in [4.78, 5) is 11.1. The zero-order chi connectivity index (χ0) is 12.3. The third-order valence-corrected chi connectivity index (χ3v) is 2.73. The lowest BCUT2D eigenvalue weighted by atomic mass is 10.2. The topological polar surface area (TPSA) is 44.1 Å². The molecule has 0 aliphatic carbocycles. The molecule has 0 amide bonds. The normalized spacial score (nSPS) is 10.7. The van der Waals surface area contributed by atoms with E-state index in [1.54, 1.807) is 11.7 Å². The fourth-order valence-corrected chi connectivity index (χ4v) is 1.82. The summed E-state index contributed by atoms with van der Waals surface area (Å²) in [7, 11) is 1.76. The molecule has 1 aromatic carbocycles. The molecule has 0 aliphatic heterocycles. The smallest absolute Gasteiger partial charge is 0.168 e. The van der Waals surface area contributed by atoms with Gasteiger partial charge in [-0.25, -0.2) is 0 Å². The Morgan fingerprint density at radius 2 is 2.29 bits per heavy atom. The summed E-state index contributed by atoms with van der Waals surface area (Å²) in [5, 5.41) is 5.08. The number of hydrogen-bond donors (Lipinski definition) is 0. The SMILES string of the molecule is CCCCOc1cccc2nn(C)c(C=O)c12. The minimum atomic E-state index is 0.562. The number of aromatic nitrogens is 2. The lowest BCUT2D eigenvalue weighted by molar-refractivity contribution is 0.111. The van der Waals surface area contributed by atoms with Crippen LogP contribution in [0.5, 0.6) is 5.75 Å². The minimum Gasteiger partial charge on any atom is -0.493 e. The second-order valence-corrected chi connectivity index (χ2v) is 3.98. The highest BCUT2D eigenvalue weighted by Gasteiger charge is 2.12. The molecule has 0 radical (unpaired) electrons. The van der Waals surface area contributed by atoms with Crippen molar-refractivity contribution in [2.45, 2.75) is 19.8 Å². The summed E-state index contributed by atoms with van der Waals surface area (Å²) in [6, 6.07) is 5.66. The molecule has 0 fully saturated rings. The number of rotatable bonds is 5. The monoisotopic (exact) mass is 232 g/mol. The van der Waals surface area contributed by atoms with Crippen molar-refractivity contribution in [1.82, 2.24) is 9.78 Å². The summed E-state index contributed by atoms with van der Waals surface area (Å²) in [5.74, 6) is 0.742. The Labute approximate surface area is 100 Å². The van der Waals surface area contributed by atoms with Gasteiger partial charge in [0.15, 0.2) is 6.29 Å². The number of carbonyl (C=O) groups excluding carboxylic acids is 1. The van der Waals surface area contributed by atoms with E-state index in [1.165, 1.54) is 0 Å². The highest BCUT2D eigenvalue weighted by molar-refractivity contribution is 5.99. The molecule has 0 atom stereocenters. The van der Waals surface area contributed by atoms with Crippen LogP contribution in [0, 0.1) is 0 Å². The zero-order valence-electron chi connectivity index (χ0n) is 10.1. The predicted octanol–water partition coefficient (Wildman–Crippen LogP) is 2.56. The van der Waals surface area contributed by atoms with Gasteiger partial charge in [-0.05, 0) is 18.6 Å². The number of carbonyl (C=O) groups is 1. The van der Waals surface area contributed by atoms with Crippen molar-refractivity contribution in [3.63, 3.8) is 0 Å². The largest absolute Gasteiger partial charge is 0.493 e. The van der Waals surface area contributed by atoms with Gasteiger partial charge in [0, 0.05) is 7.05 Å². The van der Waals surface area contributed by atoms with Gasteiger partial charge in [0.2, 0.25) is 0 Å². The summed E-state index contributed by atoms with van der Waals surface area (Å²) in [6.07, 6.45) is 2.92. The highest BCUT2D eigenvalue weighted by atomic mass is 16.5. The second-order valence-electron chi connectivity index (χ2n) is 3.98. The van der Waals surface area contributed by atoms with Crippen molar-refractivity contribution in [3.8, 4) is 5.75 Å². The summed E-state index contributed by atoms with van der Waals surface area (Å²) < 4.78 is 7.29. The second kappa shape index (κ2) is 4.99. The van der Waals surface area contributed by atoms with Crippen LogP contribution < -0.4 is 4.74 Å².